The number of fused-ring (bicyclic) bond motifs is 1. The van der Waals surface area contributed by atoms with Crippen molar-refractivity contribution in [1.82, 2.24) is 5.32 Å². The molecule has 6 heteroatoms. The molecule has 1 heterocycles. The molecule has 116 valence electrons. The van der Waals surface area contributed by atoms with E-state index in [9.17, 15) is 4.79 Å². The summed E-state index contributed by atoms with van der Waals surface area (Å²) >= 11 is 11.2. The number of para-hydroxylation sites is 1. The lowest BCUT2D eigenvalue weighted by Crippen LogP contribution is -2.34. The summed E-state index contributed by atoms with van der Waals surface area (Å²) in [5, 5.41) is 7.23. The Morgan fingerprint density at radius 2 is 1.96 bits per heavy atom. The predicted octanol–water partition coefficient (Wildman–Crippen LogP) is 4.52. The first-order valence-electron chi connectivity index (χ1n) is 6.90. The molecule has 0 spiro atoms. The van der Waals surface area contributed by atoms with E-state index in [1.165, 1.54) is 0 Å². The van der Waals surface area contributed by atoms with Gasteiger partial charge in [-0.25, -0.2) is 0 Å². The molecule has 23 heavy (non-hydrogen) atoms. The van der Waals surface area contributed by atoms with E-state index < -0.39 is 5.91 Å². The molecular formula is C17H13ClN2O2S. The fourth-order valence-corrected chi connectivity index (χ4v) is 2.53. The maximum Gasteiger partial charge on any atom is 0.293 e. The van der Waals surface area contributed by atoms with Crippen LogP contribution in [0.3, 0.4) is 0 Å². The summed E-state index contributed by atoms with van der Waals surface area (Å²) in [6.45, 7) is 1.87. The molecule has 0 saturated carbocycles. The molecule has 3 aromatic rings. The number of carbonyl (C=O) groups excluding carboxylic acids is 1. The van der Waals surface area contributed by atoms with Gasteiger partial charge < -0.3 is 9.73 Å². The third kappa shape index (κ3) is 3.36. The fraction of sp³-hybridized carbons (Fsp3) is 0.0588. The Morgan fingerprint density at radius 1 is 1.17 bits per heavy atom. The van der Waals surface area contributed by atoms with Gasteiger partial charge in [0, 0.05) is 16.1 Å². The number of nitrogens with one attached hydrogen (secondary N) is 2. The van der Waals surface area contributed by atoms with E-state index in [2.05, 4.69) is 10.6 Å². The Hall–Kier alpha value is -2.37. The number of anilines is 1. The number of rotatable bonds is 2. The van der Waals surface area contributed by atoms with E-state index in [1.807, 2.05) is 31.2 Å². The first kappa shape index (κ1) is 15.5. The highest BCUT2D eigenvalue weighted by Gasteiger charge is 2.14. The van der Waals surface area contributed by atoms with Gasteiger partial charge in [0.1, 0.15) is 5.58 Å². The minimum Gasteiger partial charge on any atom is -0.451 e. The molecule has 0 aliphatic carbocycles. The van der Waals surface area contributed by atoms with E-state index >= 15 is 0 Å². The van der Waals surface area contributed by atoms with Crippen LogP contribution in [0.1, 0.15) is 16.1 Å². The van der Waals surface area contributed by atoms with Gasteiger partial charge in [-0.1, -0.05) is 35.9 Å². The third-order valence-electron chi connectivity index (χ3n) is 3.39. The summed E-state index contributed by atoms with van der Waals surface area (Å²) in [5.74, 6) is -0.198. The molecule has 1 amide bonds. The monoisotopic (exact) mass is 344 g/mol. The van der Waals surface area contributed by atoms with Gasteiger partial charge in [0.2, 0.25) is 0 Å². The maximum absolute atomic E-state index is 12.2. The molecule has 2 aromatic carbocycles. The molecule has 4 nitrogen and oxygen atoms in total. The number of carbonyl (C=O) groups is 1. The number of halogens is 1. The van der Waals surface area contributed by atoms with Gasteiger partial charge in [0.05, 0.1) is 0 Å². The van der Waals surface area contributed by atoms with Crippen LogP contribution in [0, 0.1) is 6.92 Å². The smallest absolute Gasteiger partial charge is 0.293 e. The highest BCUT2D eigenvalue weighted by molar-refractivity contribution is 7.80. The van der Waals surface area contributed by atoms with Crippen LogP contribution >= 0.6 is 23.8 Å². The van der Waals surface area contributed by atoms with Gasteiger partial charge in [-0.05, 0) is 49.0 Å². The quantitative estimate of drug-likeness (QED) is 0.671. The second-order valence-electron chi connectivity index (χ2n) is 4.97. The predicted molar refractivity (Wildman–Crippen MR) is 96.1 cm³/mol. The molecule has 0 aliphatic rings. The van der Waals surface area contributed by atoms with E-state index in [-0.39, 0.29) is 10.9 Å². The topological polar surface area (TPSA) is 54.3 Å². The second kappa shape index (κ2) is 6.40. The van der Waals surface area contributed by atoms with Crippen molar-refractivity contribution in [3.8, 4) is 0 Å². The van der Waals surface area contributed by atoms with Crippen LogP contribution in [0.5, 0.6) is 0 Å². The van der Waals surface area contributed by atoms with Gasteiger partial charge in [-0.3, -0.25) is 10.1 Å². The van der Waals surface area contributed by atoms with Gasteiger partial charge in [-0.2, -0.15) is 0 Å². The zero-order valence-electron chi connectivity index (χ0n) is 12.2. The van der Waals surface area contributed by atoms with E-state index in [0.29, 0.717) is 10.6 Å². The minimum absolute atomic E-state index is 0.181. The molecule has 3 rings (SSSR count). The van der Waals surface area contributed by atoms with Gasteiger partial charge in [0.15, 0.2) is 10.9 Å². The summed E-state index contributed by atoms with van der Waals surface area (Å²) in [6.07, 6.45) is 0. The molecule has 1 aromatic heterocycles. The summed E-state index contributed by atoms with van der Waals surface area (Å²) in [6, 6.07) is 14.5. The van der Waals surface area contributed by atoms with Gasteiger partial charge in [0.25, 0.3) is 5.91 Å². The van der Waals surface area contributed by atoms with E-state index in [4.69, 9.17) is 28.2 Å². The molecule has 0 unspecified atom stereocenters. The lowest BCUT2D eigenvalue weighted by atomic mass is 10.2. The second-order valence-corrected chi connectivity index (χ2v) is 5.78. The zero-order chi connectivity index (χ0) is 16.4. The van der Waals surface area contributed by atoms with Crippen LogP contribution in [0.25, 0.3) is 11.0 Å². The third-order valence-corrected chi connectivity index (χ3v) is 4.01. The lowest BCUT2D eigenvalue weighted by molar-refractivity contribution is 0.0953. The number of thiocarbonyl (C=S) groups is 1. The molecule has 0 fully saturated rings. The molecule has 0 atom stereocenters. The van der Waals surface area contributed by atoms with E-state index in [0.717, 1.165) is 16.6 Å². The zero-order valence-corrected chi connectivity index (χ0v) is 13.8. The number of benzene rings is 2. The number of hydrogen-bond acceptors (Lipinski definition) is 3. The van der Waals surface area contributed by atoms with Gasteiger partial charge >= 0.3 is 0 Å². The Balaban J connectivity index is 1.72. The van der Waals surface area contributed by atoms with E-state index in [1.54, 1.807) is 24.3 Å². The van der Waals surface area contributed by atoms with Crippen LogP contribution in [0.2, 0.25) is 5.02 Å². The average Bonchev–Trinajstić information content (AvgIpc) is 2.96. The van der Waals surface area contributed by atoms with Crippen molar-refractivity contribution in [3.63, 3.8) is 0 Å². The minimum atomic E-state index is -0.404. The van der Waals surface area contributed by atoms with Crippen molar-refractivity contribution in [2.75, 3.05) is 5.32 Å². The summed E-state index contributed by atoms with van der Waals surface area (Å²) < 4.78 is 5.50. The van der Waals surface area contributed by atoms with Crippen LogP contribution in [0.15, 0.2) is 52.9 Å². The Bertz CT molecular complexity index is 871. The Kier molecular flexibility index (Phi) is 4.32. The van der Waals surface area contributed by atoms with Crippen LogP contribution in [-0.2, 0) is 0 Å². The first-order valence-corrected chi connectivity index (χ1v) is 7.69. The van der Waals surface area contributed by atoms with Crippen molar-refractivity contribution in [2.45, 2.75) is 6.92 Å². The standard InChI is InChI=1S/C17H13ClN2O2S/c1-10-12(18)6-4-7-13(10)19-17(23)20-16(21)15-9-11-5-2-3-8-14(11)22-15/h2-9H,1H3,(H2,19,20,21,23). The highest BCUT2D eigenvalue weighted by Crippen LogP contribution is 2.23. The first-order chi connectivity index (χ1) is 11.0. The Morgan fingerprint density at radius 3 is 2.74 bits per heavy atom. The van der Waals surface area contributed by atoms with Crippen molar-refractivity contribution in [1.29, 1.82) is 0 Å². The van der Waals surface area contributed by atoms with Crippen molar-refractivity contribution < 1.29 is 9.21 Å². The highest BCUT2D eigenvalue weighted by atomic mass is 35.5. The van der Waals surface area contributed by atoms with Crippen molar-refractivity contribution >= 4 is 51.5 Å². The molecule has 0 bridgehead atoms. The Labute approximate surface area is 143 Å². The summed E-state index contributed by atoms with van der Waals surface area (Å²) in [7, 11) is 0. The molecule has 0 saturated heterocycles. The van der Waals surface area contributed by atoms with Gasteiger partial charge in [-0.15, -0.1) is 0 Å². The largest absolute Gasteiger partial charge is 0.451 e. The summed E-state index contributed by atoms with van der Waals surface area (Å²) in [5.41, 5.74) is 2.25. The SMILES string of the molecule is Cc1c(Cl)cccc1NC(=S)NC(=O)c1cc2ccccc2o1. The average molecular weight is 345 g/mol. The number of amides is 1. The van der Waals surface area contributed by atoms with Crippen molar-refractivity contribution in [3.05, 3.63) is 64.9 Å². The van der Waals surface area contributed by atoms with Crippen LogP contribution < -0.4 is 10.6 Å². The normalized spacial score (nSPS) is 10.5. The molecule has 0 aliphatic heterocycles. The van der Waals surface area contributed by atoms with Crippen LogP contribution in [0.4, 0.5) is 5.69 Å². The molecule has 2 N–H and O–H groups in total. The summed E-state index contributed by atoms with van der Waals surface area (Å²) in [4.78, 5) is 12.2. The number of hydrogen-bond donors (Lipinski definition) is 2. The van der Waals surface area contributed by atoms with Crippen LogP contribution in [-0.4, -0.2) is 11.0 Å². The number of furan rings is 1. The fourth-order valence-electron chi connectivity index (χ4n) is 2.15. The molecular weight excluding hydrogens is 332 g/mol. The van der Waals surface area contributed by atoms with Crippen molar-refractivity contribution in [2.24, 2.45) is 0 Å². The molecule has 0 radical (unpaired) electrons. The maximum atomic E-state index is 12.2. The lowest BCUT2D eigenvalue weighted by Gasteiger charge is -2.11.